The van der Waals surface area contributed by atoms with E-state index in [1.807, 2.05) is 38.1 Å². The van der Waals surface area contributed by atoms with Gasteiger partial charge in [0.1, 0.15) is 6.54 Å². The highest BCUT2D eigenvalue weighted by Gasteiger charge is 2.32. The summed E-state index contributed by atoms with van der Waals surface area (Å²) in [6.45, 7) is 6.87. The first-order chi connectivity index (χ1) is 16.1. The Morgan fingerprint density at radius 2 is 1.76 bits per heavy atom. The number of piperidine rings is 1. The predicted molar refractivity (Wildman–Crippen MR) is 136 cm³/mol. The van der Waals surface area contributed by atoms with Gasteiger partial charge in [-0.2, -0.15) is 4.31 Å². The molecule has 1 unspecified atom stereocenters. The molecule has 0 bridgehead atoms. The summed E-state index contributed by atoms with van der Waals surface area (Å²) >= 11 is 1.53. The number of hydrogen-bond donors (Lipinski definition) is 1. The molecule has 34 heavy (non-hydrogen) atoms. The summed E-state index contributed by atoms with van der Waals surface area (Å²) in [6, 6.07) is 12.4. The van der Waals surface area contributed by atoms with Crippen molar-refractivity contribution < 1.29 is 18.0 Å². The van der Waals surface area contributed by atoms with Gasteiger partial charge in [-0.25, -0.2) is 8.42 Å². The van der Waals surface area contributed by atoms with Gasteiger partial charge in [0.2, 0.25) is 21.8 Å². The third-order valence-corrected chi connectivity index (χ3v) is 9.39. The number of nitrogens with zero attached hydrogens (tertiary/aromatic N) is 2. The molecule has 2 aromatic carbocycles. The van der Waals surface area contributed by atoms with Crippen LogP contribution in [0.4, 0.5) is 11.4 Å². The summed E-state index contributed by atoms with van der Waals surface area (Å²) in [5.41, 5.74) is 2.21. The molecule has 4 rings (SSSR count). The number of sulfonamides is 1. The van der Waals surface area contributed by atoms with Gasteiger partial charge < -0.3 is 10.2 Å². The Morgan fingerprint density at radius 3 is 2.44 bits per heavy atom. The third kappa shape index (κ3) is 5.47. The molecular formula is C25H31N3O4S2. The van der Waals surface area contributed by atoms with Crippen molar-refractivity contribution in [3.05, 3.63) is 48.0 Å². The highest BCUT2D eigenvalue weighted by Crippen LogP contribution is 2.40. The monoisotopic (exact) mass is 501 g/mol. The Morgan fingerprint density at radius 1 is 1.09 bits per heavy atom. The van der Waals surface area contributed by atoms with Gasteiger partial charge in [0.05, 0.1) is 10.6 Å². The number of carbonyl (C=O) groups excluding carboxylic acids is 2. The van der Waals surface area contributed by atoms with Gasteiger partial charge in [0.25, 0.3) is 0 Å². The fourth-order valence-electron chi connectivity index (χ4n) is 4.25. The molecule has 2 aliphatic heterocycles. The van der Waals surface area contributed by atoms with E-state index in [-0.39, 0.29) is 34.9 Å². The fourth-order valence-corrected chi connectivity index (χ4v) is 6.83. The molecule has 2 aliphatic rings. The Kier molecular flexibility index (Phi) is 7.35. The van der Waals surface area contributed by atoms with Crippen LogP contribution in [-0.2, 0) is 19.6 Å². The molecule has 2 heterocycles. The molecule has 1 fully saturated rings. The minimum absolute atomic E-state index is 0.0162. The van der Waals surface area contributed by atoms with E-state index in [0.29, 0.717) is 30.4 Å². The topological polar surface area (TPSA) is 86.8 Å². The maximum Gasteiger partial charge on any atom is 0.244 e. The molecule has 1 saturated heterocycles. The van der Waals surface area contributed by atoms with E-state index < -0.39 is 10.0 Å². The zero-order valence-electron chi connectivity index (χ0n) is 19.8. The van der Waals surface area contributed by atoms with E-state index >= 15 is 0 Å². The molecule has 9 heteroatoms. The summed E-state index contributed by atoms with van der Waals surface area (Å²) < 4.78 is 28.2. The number of nitrogens with one attached hydrogen (secondary N) is 1. The molecule has 182 valence electrons. The lowest BCUT2D eigenvalue weighted by Gasteiger charge is -2.30. The number of fused-ring (bicyclic) bond motifs is 1. The zero-order valence-corrected chi connectivity index (χ0v) is 21.4. The third-order valence-electron chi connectivity index (χ3n) is 6.33. The smallest absolute Gasteiger partial charge is 0.244 e. The zero-order chi connectivity index (χ0) is 24.5. The molecule has 1 atom stereocenters. The van der Waals surface area contributed by atoms with Gasteiger partial charge in [-0.3, -0.25) is 9.59 Å². The number of rotatable bonds is 5. The predicted octanol–water partition coefficient (Wildman–Crippen LogP) is 4.27. The molecule has 1 N–H and O–H groups in total. The van der Waals surface area contributed by atoms with Crippen molar-refractivity contribution in [2.75, 3.05) is 29.9 Å². The van der Waals surface area contributed by atoms with E-state index in [1.54, 1.807) is 18.2 Å². The van der Waals surface area contributed by atoms with Gasteiger partial charge in [-0.1, -0.05) is 31.5 Å². The number of carbonyl (C=O) groups is 2. The lowest BCUT2D eigenvalue weighted by Crippen LogP contribution is -2.39. The Labute approximate surface area is 205 Å². The number of amides is 2. The second-order valence-electron chi connectivity index (χ2n) is 9.24. The summed E-state index contributed by atoms with van der Waals surface area (Å²) in [6.07, 6.45) is 1.94. The number of benzene rings is 2. The lowest BCUT2D eigenvalue weighted by atomic mass is 10.0. The van der Waals surface area contributed by atoms with E-state index in [1.165, 1.54) is 21.0 Å². The minimum Gasteiger partial charge on any atom is -0.325 e. The second-order valence-corrected chi connectivity index (χ2v) is 12.7. The van der Waals surface area contributed by atoms with Crippen LogP contribution in [0.3, 0.4) is 0 Å². The summed E-state index contributed by atoms with van der Waals surface area (Å²) in [5, 5.41) is 2.85. The molecule has 0 saturated carbocycles. The van der Waals surface area contributed by atoms with Crippen LogP contribution in [0.2, 0.25) is 0 Å². The van der Waals surface area contributed by atoms with E-state index in [0.717, 1.165) is 23.3 Å². The van der Waals surface area contributed by atoms with Crippen LogP contribution in [0.5, 0.6) is 0 Å². The molecule has 2 amide bonds. The Bertz CT molecular complexity index is 1170. The quantitative estimate of drug-likeness (QED) is 0.661. The van der Waals surface area contributed by atoms with Crippen molar-refractivity contribution in [3.8, 4) is 0 Å². The number of thioether (sulfide) groups is 1. The largest absolute Gasteiger partial charge is 0.325 e. The van der Waals surface area contributed by atoms with Crippen molar-refractivity contribution in [2.24, 2.45) is 5.92 Å². The molecule has 2 aromatic rings. The van der Waals surface area contributed by atoms with E-state index in [9.17, 15) is 18.0 Å². The Hall–Kier alpha value is -2.36. The first-order valence-electron chi connectivity index (χ1n) is 11.6. The number of anilines is 2. The maximum absolute atomic E-state index is 13.3. The highest BCUT2D eigenvalue weighted by atomic mass is 32.2. The van der Waals surface area contributed by atoms with Gasteiger partial charge in [0.15, 0.2) is 0 Å². The average molecular weight is 502 g/mol. The molecule has 0 aromatic heterocycles. The van der Waals surface area contributed by atoms with Crippen molar-refractivity contribution in [1.82, 2.24) is 4.31 Å². The first kappa shape index (κ1) is 24.8. The van der Waals surface area contributed by atoms with E-state index in [4.69, 9.17) is 0 Å². The average Bonchev–Trinajstić information content (AvgIpc) is 2.90. The Balaban J connectivity index is 1.62. The SMILES string of the molecule is Cc1ccc(NC(=O)CN2C(=O)CC(C)Sc3ccc(S(=O)(=O)N4CCC(C)CC4)cc32)cc1. The standard InChI is InChI=1S/C25H31N3O4S2/c1-17-4-6-20(7-5-17)26-24(29)16-28-22-15-21(8-9-23(22)33-19(3)14-25(28)30)34(31,32)27-12-10-18(2)11-13-27/h4-9,15,18-19H,10-14,16H2,1-3H3,(H,26,29). The number of aryl methyl sites for hydroxylation is 1. The van der Waals surface area contributed by atoms with Crippen LogP contribution < -0.4 is 10.2 Å². The number of hydrogen-bond acceptors (Lipinski definition) is 5. The maximum atomic E-state index is 13.3. The van der Waals surface area contributed by atoms with Gasteiger partial charge in [0, 0.05) is 35.3 Å². The molecule has 7 nitrogen and oxygen atoms in total. The van der Waals surface area contributed by atoms with Crippen LogP contribution in [0.1, 0.15) is 38.7 Å². The van der Waals surface area contributed by atoms with Crippen molar-refractivity contribution in [1.29, 1.82) is 0 Å². The van der Waals surface area contributed by atoms with Crippen molar-refractivity contribution >= 4 is 45.0 Å². The molecule has 0 spiro atoms. The fraction of sp³-hybridized carbons (Fsp3) is 0.440. The van der Waals surface area contributed by atoms with Crippen LogP contribution >= 0.6 is 11.8 Å². The second kappa shape index (κ2) is 10.1. The van der Waals surface area contributed by atoms with Crippen LogP contribution in [-0.4, -0.2) is 49.4 Å². The van der Waals surface area contributed by atoms with Gasteiger partial charge in [-0.05, 0) is 56.0 Å². The summed E-state index contributed by atoms with van der Waals surface area (Å²) in [4.78, 5) is 28.3. The highest BCUT2D eigenvalue weighted by molar-refractivity contribution is 8.00. The minimum atomic E-state index is -3.68. The van der Waals surface area contributed by atoms with Gasteiger partial charge in [-0.15, -0.1) is 11.8 Å². The van der Waals surface area contributed by atoms with Crippen LogP contribution in [0.15, 0.2) is 52.3 Å². The summed E-state index contributed by atoms with van der Waals surface area (Å²) in [5.74, 6) is -0.0170. The van der Waals surface area contributed by atoms with Crippen LogP contribution in [0.25, 0.3) is 0 Å². The lowest BCUT2D eigenvalue weighted by molar-refractivity contribution is -0.121. The summed E-state index contributed by atoms with van der Waals surface area (Å²) in [7, 11) is -3.68. The molecular weight excluding hydrogens is 470 g/mol. The van der Waals surface area contributed by atoms with Gasteiger partial charge >= 0.3 is 0 Å². The van der Waals surface area contributed by atoms with Crippen molar-refractivity contribution in [2.45, 2.75) is 55.1 Å². The normalized spacial score (nSPS) is 20.0. The molecule has 0 radical (unpaired) electrons. The first-order valence-corrected chi connectivity index (χ1v) is 13.9. The molecule has 0 aliphatic carbocycles. The van der Waals surface area contributed by atoms with Crippen molar-refractivity contribution in [3.63, 3.8) is 0 Å². The van der Waals surface area contributed by atoms with Crippen LogP contribution in [0, 0.1) is 12.8 Å². The van der Waals surface area contributed by atoms with E-state index in [2.05, 4.69) is 12.2 Å².